The molecule has 1 aliphatic rings. The summed E-state index contributed by atoms with van der Waals surface area (Å²) < 4.78 is 60.6. The summed E-state index contributed by atoms with van der Waals surface area (Å²) in [6.45, 7) is 3.68. The topological polar surface area (TPSA) is 93.3 Å². The Balaban J connectivity index is 1.59. The highest BCUT2D eigenvalue weighted by molar-refractivity contribution is 5.92. The number of hydrogen-bond acceptors (Lipinski definition) is 5. The Morgan fingerprint density at radius 2 is 1.78 bits per heavy atom. The number of amides is 1. The average Bonchev–Trinajstić information content (AvgIpc) is 3.68. The molecule has 2 aromatic carbocycles. The number of nitrogens with zero attached hydrogens (tertiary/aromatic N) is 1. The molecule has 1 aliphatic carbocycles. The molecule has 0 aliphatic heterocycles. The number of methoxy groups -OCH3 is 1. The Morgan fingerprint density at radius 1 is 1.11 bits per heavy atom. The Kier molecular flexibility index (Phi) is 6.98. The molecule has 1 fully saturated rings. The predicted octanol–water partition coefficient (Wildman–Crippen LogP) is 5.02. The van der Waals surface area contributed by atoms with E-state index in [4.69, 9.17) is 4.74 Å². The van der Waals surface area contributed by atoms with Crippen LogP contribution in [0.15, 0.2) is 53.3 Å². The summed E-state index contributed by atoms with van der Waals surface area (Å²) in [7, 11) is 1.55. The molecule has 0 spiro atoms. The highest BCUT2D eigenvalue weighted by atomic mass is 19.4. The first kappa shape index (κ1) is 26.2. The van der Waals surface area contributed by atoms with E-state index in [2.05, 4.69) is 20.0 Å². The average molecular weight is 519 g/mol. The van der Waals surface area contributed by atoms with Gasteiger partial charge in [-0.25, -0.2) is 9.37 Å². The third-order valence-corrected chi connectivity index (χ3v) is 6.30. The second-order valence-corrected chi connectivity index (χ2v) is 9.36. The Bertz CT molecular complexity index is 1350. The van der Waals surface area contributed by atoms with Crippen LogP contribution < -0.4 is 20.3 Å². The van der Waals surface area contributed by atoms with Crippen molar-refractivity contribution < 1.29 is 31.8 Å². The molecule has 4 rings (SSSR count). The Labute approximate surface area is 209 Å². The van der Waals surface area contributed by atoms with Crippen LogP contribution in [0, 0.1) is 11.7 Å². The van der Waals surface area contributed by atoms with Crippen molar-refractivity contribution in [1.29, 1.82) is 0 Å². The van der Waals surface area contributed by atoms with Crippen LogP contribution in [0.5, 0.6) is 11.5 Å². The fraction of sp³-hybridized carbons (Fsp3) is 0.346. The molecule has 0 bridgehead atoms. The summed E-state index contributed by atoms with van der Waals surface area (Å²) in [6, 6.07) is 10.6. The van der Waals surface area contributed by atoms with Gasteiger partial charge in [0.1, 0.15) is 17.3 Å². The van der Waals surface area contributed by atoms with Crippen LogP contribution in [0.4, 0.5) is 17.6 Å². The van der Waals surface area contributed by atoms with E-state index in [1.54, 1.807) is 19.2 Å². The summed E-state index contributed by atoms with van der Waals surface area (Å²) in [4.78, 5) is 32.7. The molecule has 1 heterocycles. The molecule has 7 nitrogen and oxygen atoms in total. The van der Waals surface area contributed by atoms with Gasteiger partial charge in [-0.05, 0) is 68.0 Å². The molecule has 1 unspecified atom stereocenters. The van der Waals surface area contributed by atoms with Crippen molar-refractivity contribution in [2.45, 2.75) is 44.5 Å². The molecule has 11 heteroatoms. The van der Waals surface area contributed by atoms with Crippen molar-refractivity contribution >= 4 is 5.91 Å². The normalized spacial score (nSPS) is 14.7. The SMILES string of the molecule is COc1ccc(C(C)(C)c2nc(C(=O)NC(c3ccc(OC(F)(F)F)c(F)c3)C3CC3)cc(=O)[nH]2)cc1. The second kappa shape index (κ2) is 9.87. The van der Waals surface area contributed by atoms with E-state index in [9.17, 15) is 27.2 Å². The predicted molar refractivity (Wildman–Crippen MR) is 126 cm³/mol. The smallest absolute Gasteiger partial charge is 0.497 e. The van der Waals surface area contributed by atoms with Gasteiger partial charge < -0.3 is 19.8 Å². The van der Waals surface area contributed by atoms with Gasteiger partial charge in [0.2, 0.25) is 0 Å². The first-order chi connectivity index (χ1) is 17.4. The minimum Gasteiger partial charge on any atom is -0.497 e. The van der Waals surface area contributed by atoms with E-state index in [-0.39, 0.29) is 23.0 Å². The lowest BCUT2D eigenvalue weighted by molar-refractivity contribution is -0.275. The molecular formula is C26H25F4N3O4. The van der Waals surface area contributed by atoms with Gasteiger partial charge in [-0.1, -0.05) is 18.2 Å². The maximum Gasteiger partial charge on any atom is 0.573 e. The second-order valence-electron chi connectivity index (χ2n) is 9.36. The lowest BCUT2D eigenvalue weighted by Gasteiger charge is -2.25. The number of aromatic nitrogens is 2. The van der Waals surface area contributed by atoms with E-state index in [1.807, 2.05) is 26.0 Å². The van der Waals surface area contributed by atoms with Gasteiger partial charge in [0.25, 0.3) is 11.5 Å². The molecule has 0 saturated heterocycles. The van der Waals surface area contributed by atoms with E-state index < -0.39 is 40.9 Å². The van der Waals surface area contributed by atoms with Gasteiger partial charge in [0.15, 0.2) is 11.6 Å². The van der Waals surface area contributed by atoms with Gasteiger partial charge in [0, 0.05) is 11.5 Å². The van der Waals surface area contributed by atoms with Crippen molar-refractivity contribution in [3.63, 3.8) is 0 Å². The van der Waals surface area contributed by atoms with Gasteiger partial charge in [-0.15, -0.1) is 13.2 Å². The Morgan fingerprint density at radius 3 is 2.35 bits per heavy atom. The zero-order valence-corrected chi connectivity index (χ0v) is 20.3. The first-order valence-electron chi connectivity index (χ1n) is 11.5. The summed E-state index contributed by atoms with van der Waals surface area (Å²) in [6.07, 6.45) is -3.55. The monoisotopic (exact) mass is 519 g/mol. The minimum atomic E-state index is -5.03. The molecule has 1 aromatic heterocycles. The number of halogens is 4. The van der Waals surface area contributed by atoms with E-state index >= 15 is 0 Å². The fourth-order valence-electron chi connectivity index (χ4n) is 4.05. The summed E-state index contributed by atoms with van der Waals surface area (Å²) >= 11 is 0. The highest BCUT2D eigenvalue weighted by Crippen LogP contribution is 2.42. The summed E-state index contributed by atoms with van der Waals surface area (Å²) in [5.74, 6) is -1.93. The third-order valence-electron chi connectivity index (χ3n) is 6.30. The van der Waals surface area contributed by atoms with E-state index in [1.165, 1.54) is 6.07 Å². The molecule has 2 N–H and O–H groups in total. The van der Waals surface area contributed by atoms with Crippen molar-refractivity contribution in [3.05, 3.63) is 87.3 Å². The first-order valence-corrected chi connectivity index (χ1v) is 11.5. The van der Waals surface area contributed by atoms with Crippen molar-refractivity contribution in [3.8, 4) is 11.5 Å². The zero-order valence-electron chi connectivity index (χ0n) is 20.3. The zero-order chi connectivity index (χ0) is 27.0. The highest BCUT2D eigenvalue weighted by Gasteiger charge is 2.36. The minimum absolute atomic E-state index is 0.0325. The molecule has 1 saturated carbocycles. The number of hydrogen-bond donors (Lipinski definition) is 2. The standard InChI is InChI=1S/C26H25F4N3O4/c1-25(2,16-7-9-17(36-3)10-8-16)24-31-19(13-21(34)32-24)23(35)33-22(14-4-5-14)15-6-11-20(18(27)12-15)37-26(28,29)30/h6-14,22H,4-5H2,1-3H3,(H,33,35)(H,31,32,34). The van der Waals surface area contributed by atoms with Crippen molar-refractivity contribution in [1.82, 2.24) is 15.3 Å². The number of carbonyl (C=O) groups excluding carboxylic acids is 1. The molecule has 1 atom stereocenters. The van der Waals surface area contributed by atoms with Gasteiger partial charge in [-0.2, -0.15) is 0 Å². The molecule has 1 amide bonds. The van der Waals surface area contributed by atoms with Crippen LogP contribution >= 0.6 is 0 Å². The summed E-state index contributed by atoms with van der Waals surface area (Å²) in [5, 5.41) is 2.77. The summed E-state index contributed by atoms with van der Waals surface area (Å²) in [5.41, 5.74) is -0.328. The number of nitrogens with one attached hydrogen (secondary N) is 2. The number of carbonyl (C=O) groups is 1. The molecule has 0 radical (unpaired) electrons. The number of H-pyrrole nitrogens is 1. The van der Waals surface area contributed by atoms with E-state index in [0.29, 0.717) is 5.75 Å². The van der Waals surface area contributed by atoms with Gasteiger partial charge in [0.05, 0.1) is 13.2 Å². The fourth-order valence-corrected chi connectivity index (χ4v) is 4.05. The number of ether oxygens (including phenoxy) is 2. The lowest BCUT2D eigenvalue weighted by atomic mass is 9.83. The van der Waals surface area contributed by atoms with Gasteiger partial charge >= 0.3 is 6.36 Å². The molecule has 37 heavy (non-hydrogen) atoms. The quantitative estimate of drug-likeness (QED) is 0.408. The molecular weight excluding hydrogens is 494 g/mol. The van der Waals surface area contributed by atoms with Crippen LogP contribution in [0.2, 0.25) is 0 Å². The largest absolute Gasteiger partial charge is 0.573 e. The number of rotatable bonds is 8. The van der Waals surface area contributed by atoms with E-state index in [0.717, 1.165) is 36.6 Å². The van der Waals surface area contributed by atoms with Crippen LogP contribution in [-0.4, -0.2) is 29.3 Å². The van der Waals surface area contributed by atoms with Crippen molar-refractivity contribution in [2.75, 3.05) is 7.11 Å². The number of alkyl halides is 3. The lowest BCUT2D eigenvalue weighted by Crippen LogP contribution is -2.34. The van der Waals surface area contributed by atoms with Crippen LogP contribution in [0.1, 0.15) is 60.2 Å². The number of benzene rings is 2. The van der Waals surface area contributed by atoms with Crippen LogP contribution in [0.25, 0.3) is 0 Å². The maximum absolute atomic E-state index is 14.3. The Hall–Kier alpha value is -3.89. The van der Waals surface area contributed by atoms with Crippen LogP contribution in [0.3, 0.4) is 0 Å². The van der Waals surface area contributed by atoms with Crippen molar-refractivity contribution in [2.24, 2.45) is 5.92 Å². The molecule has 3 aromatic rings. The number of aromatic amines is 1. The maximum atomic E-state index is 14.3. The van der Waals surface area contributed by atoms with Crippen LogP contribution in [-0.2, 0) is 5.41 Å². The third kappa shape index (κ3) is 6.10. The molecule has 196 valence electrons. The van der Waals surface area contributed by atoms with Gasteiger partial charge in [-0.3, -0.25) is 9.59 Å².